The lowest BCUT2D eigenvalue weighted by Gasteiger charge is -2.04. The minimum absolute atomic E-state index is 0.0161. The molecule has 15 heavy (non-hydrogen) atoms. The molecule has 1 aromatic rings. The third-order valence-electron chi connectivity index (χ3n) is 1.84. The van der Waals surface area contributed by atoms with Crippen LogP contribution in [0.2, 0.25) is 5.02 Å². The van der Waals surface area contributed by atoms with E-state index in [1.165, 1.54) is 18.2 Å². The van der Waals surface area contributed by atoms with Crippen LogP contribution >= 0.6 is 11.6 Å². The molecule has 0 radical (unpaired) electrons. The largest absolute Gasteiger partial charge is 0.481 e. The van der Waals surface area contributed by atoms with E-state index in [0.29, 0.717) is 17.1 Å². The average Bonchev–Trinajstić information content (AvgIpc) is 2.17. The Kier molecular flexibility index (Phi) is 4.52. The van der Waals surface area contributed by atoms with E-state index in [1.54, 1.807) is 0 Å². The van der Waals surface area contributed by atoms with Crippen LogP contribution in [-0.2, 0) is 11.3 Å². The van der Waals surface area contributed by atoms with E-state index in [1.807, 2.05) is 0 Å². The summed E-state index contributed by atoms with van der Waals surface area (Å²) >= 11 is 5.69. The van der Waals surface area contributed by atoms with E-state index in [2.05, 4.69) is 5.32 Å². The lowest BCUT2D eigenvalue weighted by atomic mass is 10.2. The van der Waals surface area contributed by atoms with Crippen molar-refractivity contribution in [1.29, 1.82) is 0 Å². The first kappa shape index (κ1) is 11.9. The van der Waals surface area contributed by atoms with Gasteiger partial charge in [0.15, 0.2) is 0 Å². The summed E-state index contributed by atoms with van der Waals surface area (Å²) < 4.78 is 13.1. The molecule has 0 spiro atoms. The van der Waals surface area contributed by atoms with Gasteiger partial charge in [0.25, 0.3) is 0 Å². The first-order valence-electron chi connectivity index (χ1n) is 4.46. The van der Waals surface area contributed by atoms with Crippen LogP contribution in [-0.4, -0.2) is 17.6 Å². The summed E-state index contributed by atoms with van der Waals surface area (Å²) in [6.45, 7) is 0.584. The van der Waals surface area contributed by atoms with E-state index < -0.39 is 5.97 Å². The molecule has 3 nitrogen and oxygen atoms in total. The van der Waals surface area contributed by atoms with Gasteiger partial charge in [0, 0.05) is 23.7 Å². The number of hydrogen-bond acceptors (Lipinski definition) is 2. The Hall–Kier alpha value is -1.13. The number of carboxylic acids is 1. The Bertz CT molecular complexity index is 357. The highest BCUT2D eigenvalue weighted by molar-refractivity contribution is 6.30. The van der Waals surface area contributed by atoms with Crippen molar-refractivity contribution < 1.29 is 14.3 Å². The molecule has 0 aliphatic carbocycles. The number of benzene rings is 1. The second-order valence-corrected chi connectivity index (χ2v) is 3.49. The maximum atomic E-state index is 13.1. The summed E-state index contributed by atoms with van der Waals surface area (Å²) in [5.41, 5.74) is 0.438. The first-order valence-corrected chi connectivity index (χ1v) is 4.84. The average molecular weight is 232 g/mol. The number of hydrogen-bond donors (Lipinski definition) is 2. The van der Waals surface area contributed by atoms with Crippen molar-refractivity contribution in [3.8, 4) is 0 Å². The standard InChI is InChI=1S/C10H11ClFNO2/c11-8-1-2-9(12)7(5-8)6-13-4-3-10(14)15/h1-2,5,13H,3-4,6H2,(H,14,15). The summed E-state index contributed by atoms with van der Waals surface area (Å²) in [5, 5.41) is 11.7. The summed E-state index contributed by atoms with van der Waals surface area (Å²) in [6.07, 6.45) is 0.0161. The van der Waals surface area contributed by atoms with Crippen molar-refractivity contribution in [2.45, 2.75) is 13.0 Å². The van der Waals surface area contributed by atoms with E-state index in [9.17, 15) is 9.18 Å². The number of halogens is 2. The molecular weight excluding hydrogens is 221 g/mol. The number of rotatable bonds is 5. The van der Waals surface area contributed by atoms with E-state index in [0.717, 1.165) is 0 Å². The maximum Gasteiger partial charge on any atom is 0.304 e. The second kappa shape index (κ2) is 5.68. The molecule has 0 atom stereocenters. The Morgan fingerprint density at radius 3 is 2.93 bits per heavy atom. The maximum absolute atomic E-state index is 13.1. The summed E-state index contributed by atoms with van der Waals surface area (Å²) in [7, 11) is 0. The number of carboxylic acid groups (broad SMARTS) is 1. The van der Waals surface area contributed by atoms with Crippen LogP contribution in [0.1, 0.15) is 12.0 Å². The summed E-state index contributed by atoms with van der Waals surface area (Å²) in [4.78, 5) is 10.2. The van der Waals surface area contributed by atoms with Gasteiger partial charge in [-0.2, -0.15) is 0 Å². The van der Waals surface area contributed by atoms with Gasteiger partial charge in [-0.25, -0.2) is 4.39 Å². The molecule has 0 aliphatic rings. The van der Waals surface area contributed by atoms with Crippen molar-refractivity contribution in [3.05, 3.63) is 34.6 Å². The minimum Gasteiger partial charge on any atom is -0.481 e. The van der Waals surface area contributed by atoms with Crippen LogP contribution in [0, 0.1) is 5.82 Å². The second-order valence-electron chi connectivity index (χ2n) is 3.06. The van der Waals surface area contributed by atoms with Crippen molar-refractivity contribution in [2.75, 3.05) is 6.54 Å². The third-order valence-corrected chi connectivity index (χ3v) is 2.07. The number of nitrogens with one attached hydrogen (secondary N) is 1. The predicted octanol–water partition coefficient (Wildman–Crippen LogP) is 2.04. The zero-order valence-corrected chi connectivity index (χ0v) is 8.72. The van der Waals surface area contributed by atoms with Gasteiger partial charge in [0.05, 0.1) is 6.42 Å². The molecule has 0 saturated heterocycles. The normalized spacial score (nSPS) is 10.3. The monoisotopic (exact) mass is 231 g/mol. The zero-order chi connectivity index (χ0) is 11.3. The molecule has 5 heteroatoms. The number of carbonyl (C=O) groups is 1. The van der Waals surface area contributed by atoms with Gasteiger partial charge in [0.1, 0.15) is 5.82 Å². The quantitative estimate of drug-likeness (QED) is 0.763. The van der Waals surface area contributed by atoms with Gasteiger partial charge in [-0.1, -0.05) is 11.6 Å². The molecule has 0 unspecified atom stereocenters. The molecule has 0 aromatic heterocycles. The van der Waals surface area contributed by atoms with E-state index >= 15 is 0 Å². The van der Waals surface area contributed by atoms with Gasteiger partial charge >= 0.3 is 5.97 Å². The van der Waals surface area contributed by atoms with Gasteiger partial charge in [-0.3, -0.25) is 4.79 Å². The SMILES string of the molecule is O=C(O)CCNCc1cc(Cl)ccc1F. The highest BCUT2D eigenvalue weighted by atomic mass is 35.5. The van der Waals surface area contributed by atoms with Crippen molar-refractivity contribution >= 4 is 17.6 Å². The lowest BCUT2D eigenvalue weighted by molar-refractivity contribution is -0.136. The third kappa shape index (κ3) is 4.27. The Labute approximate surface area is 91.9 Å². The van der Waals surface area contributed by atoms with Gasteiger partial charge in [0.2, 0.25) is 0 Å². The van der Waals surface area contributed by atoms with Crippen molar-refractivity contribution in [3.63, 3.8) is 0 Å². The van der Waals surface area contributed by atoms with Gasteiger partial charge in [-0.15, -0.1) is 0 Å². The fourth-order valence-electron chi connectivity index (χ4n) is 1.10. The fraction of sp³-hybridized carbons (Fsp3) is 0.300. The topological polar surface area (TPSA) is 49.3 Å². The van der Waals surface area contributed by atoms with Crippen molar-refractivity contribution in [1.82, 2.24) is 5.32 Å². The van der Waals surface area contributed by atoms with Crippen LogP contribution < -0.4 is 5.32 Å². The van der Waals surface area contributed by atoms with E-state index in [-0.39, 0.29) is 18.8 Å². The van der Waals surface area contributed by atoms with Crippen LogP contribution in [0.15, 0.2) is 18.2 Å². The molecule has 0 heterocycles. The smallest absolute Gasteiger partial charge is 0.304 e. The molecule has 0 fully saturated rings. The highest BCUT2D eigenvalue weighted by Crippen LogP contribution is 2.14. The summed E-state index contributed by atoms with van der Waals surface area (Å²) in [6, 6.07) is 4.28. The Balaban J connectivity index is 2.43. The molecule has 0 bridgehead atoms. The zero-order valence-electron chi connectivity index (χ0n) is 7.96. The predicted molar refractivity (Wildman–Crippen MR) is 55.4 cm³/mol. The molecule has 0 aliphatic heterocycles. The van der Waals surface area contributed by atoms with Crippen LogP contribution in [0.3, 0.4) is 0 Å². The van der Waals surface area contributed by atoms with Crippen LogP contribution in [0.25, 0.3) is 0 Å². The first-order chi connectivity index (χ1) is 7.09. The molecule has 0 saturated carbocycles. The highest BCUT2D eigenvalue weighted by Gasteiger charge is 2.02. The Morgan fingerprint density at radius 1 is 1.53 bits per heavy atom. The molecule has 0 amide bonds. The van der Waals surface area contributed by atoms with Crippen LogP contribution in [0.5, 0.6) is 0 Å². The molecular formula is C10H11ClFNO2. The minimum atomic E-state index is -0.880. The molecule has 2 N–H and O–H groups in total. The molecule has 1 aromatic carbocycles. The van der Waals surface area contributed by atoms with Gasteiger partial charge < -0.3 is 10.4 Å². The Morgan fingerprint density at radius 2 is 2.27 bits per heavy atom. The fourth-order valence-corrected chi connectivity index (χ4v) is 1.29. The number of aliphatic carboxylic acids is 1. The molecule has 1 rings (SSSR count). The van der Waals surface area contributed by atoms with E-state index in [4.69, 9.17) is 16.7 Å². The molecule has 82 valence electrons. The van der Waals surface area contributed by atoms with Gasteiger partial charge in [-0.05, 0) is 18.2 Å². The lowest BCUT2D eigenvalue weighted by Crippen LogP contribution is -2.18. The van der Waals surface area contributed by atoms with Crippen LogP contribution in [0.4, 0.5) is 4.39 Å². The van der Waals surface area contributed by atoms with Crippen molar-refractivity contribution in [2.24, 2.45) is 0 Å². The summed E-state index contributed by atoms with van der Waals surface area (Å²) in [5.74, 6) is -1.23.